The second kappa shape index (κ2) is 4.56. The Morgan fingerprint density at radius 3 is 1.67 bits per heavy atom. The van der Waals surface area contributed by atoms with E-state index in [-0.39, 0.29) is 29.6 Å². The standard InChI is InChI=1S/Na.HO6PS/c;1-7(2)6-8(3,4)5/h;(H,3,4,5)/q+1;/p-1. The largest absolute Gasteiger partial charge is 1.00 e. The molecule has 0 unspecified atom stereocenters. The molecule has 0 spiro atoms. The van der Waals surface area contributed by atoms with Gasteiger partial charge in [-0.2, -0.15) is 3.97 Å². The van der Waals surface area contributed by atoms with Crippen LogP contribution in [0.4, 0.5) is 0 Å². The van der Waals surface area contributed by atoms with Crippen molar-refractivity contribution in [1.29, 1.82) is 0 Å². The van der Waals surface area contributed by atoms with Crippen molar-refractivity contribution >= 4 is 18.3 Å². The summed E-state index contributed by atoms with van der Waals surface area (Å²) in [4.78, 5) is 0. The Labute approximate surface area is 73.7 Å². The third kappa shape index (κ3) is 12.1. The molecule has 0 radical (unpaired) electrons. The van der Waals surface area contributed by atoms with Crippen molar-refractivity contribution in [3.05, 3.63) is 0 Å². The monoisotopic (exact) mass is 182 g/mol. The van der Waals surface area contributed by atoms with Gasteiger partial charge in [-0.3, -0.25) is 0 Å². The van der Waals surface area contributed by atoms with Crippen molar-refractivity contribution < 1.29 is 55.6 Å². The van der Waals surface area contributed by atoms with Gasteiger partial charge in [0.05, 0.1) is 0 Å². The number of hydrogen-bond acceptors (Lipinski definition) is 6. The summed E-state index contributed by atoms with van der Waals surface area (Å²) in [5, 5.41) is 0. The summed E-state index contributed by atoms with van der Waals surface area (Å²) in [7, 11) is -8.66. The predicted molar refractivity (Wildman–Crippen MR) is 19.1 cm³/mol. The summed E-state index contributed by atoms with van der Waals surface area (Å²) in [5.74, 6) is 0. The van der Waals surface area contributed by atoms with E-state index in [4.69, 9.17) is 0 Å². The van der Waals surface area contributed by atoms with Crippen LogP contribution in [0.15, 0.2) is 0 Å². The molecule has 0 atom stereocenters. The fourth-order valence-electron chi connectivity index (χ4n) is 0.0745. The number of hydrogen-bond donors (Lipinski definition) is 0. The third-order valence-electron chi connectivity index (χ3n) is 0.152. The molecule has 6 nitrogen and oxygen atoms in total. The minimum atomic E-state index is -5.07. The van der Waals surface area contributed by atoms with Gasteiger partial charge in [-0.25, -0.2) is 17.5 Å². The third-order valence-corrected chi connectivity index (χ3v) is 1.37. The molecule has 0 aromatic heterocycles. The average molecular weight is 182 g/mol. The van der Waals surface area contributed by atoms with Gasteiger partial charge in [0.1, 0.15) is 0 Å². The second-order valence-corrected chi connectivity index (χ2v) is 2.57. The van der Waals surface area contributed by atoms with Crippen LogP contribution < -0.4 is 29.6 Å². The fourth-order valence-corrected chi connectivity index (χ4v) is 0.671. The Balaban J connectivity index is 0. The Hall–Kier alpha value is 0.770. The van der Waals surface area contributed by atoms with Crippen LogP contribution in [0, 0.1) is 0 Å². The van der Waals surface area contributed by atoms with Gasteiger partial charge < -0.3 is 4.55 Å². The second-order valence-electron chi connectivity index (χ2n) is 0.706. The smallest absolute Gasteiger partial charge is 0.725 e. The van der Waals surface area contributed by atoms with Gasteiger partial charge in [-0.05, 0) is 0 Å². The molecule has 9 heavy (non-hydrogen) atoms. The van der Waals surface area contributed by atoms with Crippen molar-refractivity contribution in [3.63, 3.8) is 0 Å². The molecule has 9 heteroatoms. The first-order valence-electron chi connectivity index (χ1n) is 1.21. The molecule has 0 aromatic carbocycles. The van der Waals surface area contributed by atoms with E-state index < -0.39 is 18.3 Å². The van der Waals surface area contributed by atoms with E-state index in [0.717, 1.165) is 0 Å². The van der Waals surface area contributed by atoms with E-state index in [9.17, 15) is 22.1 Å². The minimum absolute atomic E-state index is 0. The molecule has 0 bridgehead atoms. The molecule has 0 N–H and O–H groups in total. The summed E-state index contributed by atoms with van der Waals surface area (Å²) >= 11 is 0. The van der Waals surface area contributed by atoms with Gasteiger partial charge >= 0.3 is 37.5 Å². The molecule has 0 saturated heterocycles. The maximum Gasteiger partial charge on any atom is 1.00 e. The first kappa shape index (κ1) is 12.4. The molecule has 0 aromatic rings. The summed E-state index contributed by atoms with van der Waals surface area (Å²) in [6, 6.07) is 0. The predicted octanol–water partition coefficient (Wildman–Crippen LogP) is -3.44. The number of rotatable bonds is 2. The zero-order valence-corrected chi connectivity index (χ0v) is 8.02. The van der Waals surface area contributed by atoms with Crippen LogP contribution in [0.25, 0.3) is 0 Å². The Kier molecular flexibility index (Phi) is 6.31. The van der Waals surface area contributed by atoms with Crippen LogP contribution in [0.1, 0.15) is 0 Å². The average Bonchev–Trinajstić information content (AvgIpc) is 1.21. The van der Waals surface area contributed by atoms with Crippen molar-refractivity contribution in [1.82, 2.24) is 0 Å². The fraction of sp³-hybridized carbons (Fsp3) is 0. The van der Waals surface area contributed by atoms with Crippen LogP contribution >= 0.6 is 7.91 Å². The first-order valence-corrected chi connectivity index (χ1v) is 3.64. The summed E-state index contributed by atoms with van der Waals surface area (Å²) in [5.41, 5.74) is 0. The van der Waals surface area contributed by atoms with Crippen molar-refractivity contribution in [3.8, 4) is 0 Å². The zero-order chi connectivity index (χ0) is 6.78. The van der Waals surface area contributed by atoms with E-state index >= 15 is 0 Å². The summed E-state index contributed by atoms with van der Waals surface area (Å²) < 4.78 is 49.1. The normalized spacial score (nSPS) is 9.89. The molecule has 48 valence electrons. The molecule has 0 fully saturated rings. The van der Waals surface area contributed by atoms with E-state index in [1.54, 1.807) is 0 Å². The summed E-state index contributed by atoms with van der Waals surface area (Å²) in [6.07, 6.45) is 0. The Morgan fingerprint density at radius 1 is 1.33 bits per heavy atom. The van der Waals surface area contributed by atoms with Gasteiger partial charge in [-0.15, -0.1) is 0 Å². The van der Waals surface area contributed by atoms with Gasteiger partial charge in [0.25, 0.3) is 0 Å². The molecule has 0 aliphatic carbocycles. The van der Waals surface area contributed by atoms with Crippen LogP contribution in [0.5, 0.6) is 0 Å². The maximum absolute atomic E-state index is 9.28. The van der Waals surface area contributed by atoms with Gasteiger partial charge in [0.2, 0.25) is 10.4 Å². The van der Waals surface area contributed by atoms with Crippen molar-refractivity contribution in [2.45, 2.75) is 0 Å². The molecule has 0 rings (SSSR count). The van der Waals surface area contributed by atoms with E-state index in [1.165, 1.54) is 0 Å². The molecular weight excluding hydrogens is 182 g/mol. The summed E-state index contributed by atoms with van der Waals surface area (Å²) in [6.45, 7) is 0. The first-order chi connectivity index (χ1) is 3.42. The van der Waals surface area contributed by atoms with E-state index in [1.807, 2.05) is 0 Å². The molecule has 0 aliphatic rings. The molecule has 0 heterocycles. The molecule has 0 saturated carbocycles. The molecule has 0 aliphatic heterocycles. The Morgan fingerprint density at radius 2 is 1.67 bits per heavy atom. The van der Waals surface area contributed by atoms with Crippen LogP contribution in [-0.4, -0.2) is 13.0 Å². The van der Waals surface area contributed by atoms with Gasteiger partial charge in [-0.1, -0.05) is 0 Å². The minimum Gasteiger partial charge on any atom is -0.725 e. The Bertz CT molecular complexity index is 213. The van der Waals surface area contributed by atoms with E-state index in [0.29, 0.717) is 0 Å². The van der Waals surface area contributed by atoms with Crippen LogP contribution in [0.3, 0.4) is 0 Å². The van der Waals surface area contributed by atoms with E-state index in [2.05, 4.69) is 3.97 Å². The van der Waals surface area contributed by atoms with Crippen LogP contribution in [-0.2, 0) is 23.5 Å². The zero-order valence-electron chi connectivity index (χ0n) is 4.30. The maximum atomic E-state index is 9.28. The van der Waals surface area contributed by atoms with Crippen molar-refractivity contribution in [2.24, 2.45) is 0 Å². The molecular formula is NaO6PS. The SMILES string of the molecule is O=P(=O)OS(=O)(=O)[O-].[Na+]. The quantitative estimate of drug-likeness (QED) is 0.190. The topological polar surface area (TPSA) is 101 Å². The van der Waals surface area contributed by atoms with Gasteiger partial charge in [0.15, 0.2) is 0 Å². The van der Waals surface area contributed by atoms with Crippen LogP contribution in [0.2, 0.25) is 0 Å². The molecule has 0 amide bonds. The van der Waals surface area contributed by atoms with Gasteiger partial charge in [0, 0.05) is 0 Å². The van der Waals surface area contributed by atoms with Crippen molar-refractivity contribution in [2.75, 3.05) is 0 Å².